The van der Waals surface area contributed by atoms with Gasteiger partial charge in [-0.2, -0.15) is 0 Å². The summed E-state index contributed by atoms with van der Waals surface area (Å²) in [7, 11) is 0. The van der Waals surface area contributed by atoms with E-state index in [4.69, 9.17) is 19.8 Å². The summed E-state index contributed by atoms with van der Waals surface area (Å²) in [6, 6.07) is 0. The van der Waals surface area contributed by atoms with Crippen LogP contribution in [0.25, 0.3) is 0 Å². The van der Waals surface area contributed by atoms with E-state index in [-0.39, 0.29) is 49.4 Å². The first-order valence-electron chi connectivity index (χ1n) is 0.943. The minimum atomic E-state index is -0.500. The summed E-state index contributed by atoms with van der Waals surface area (Å²) in [6.07, 6.45) is 0. The summed E-state index contributed by atoms with van der Waals surface area (Å²) in [6.45, 7) is -1.00. The quantitative estimate of drug-likeness (QED) is 0.417. The Hall–Kier alpha value is 0.524. The van der Waals surface area contributed by atoms with Crippen molar-refractivity contribution in [3.05, 3.63) is 0 Å². The molecule has 4 nitrogen and oxygen atoms in total. The van der Waals surface area contributed by atoms with Crippen LogP contribution in [0.3, 0.4) is 0 Å². The van der Waals surface area contributed by atoms with Gasteiger partial charge < -0.3 is 19.8 Å². The molecular weight excluding hydrogens is 240 g/mol. The van der Waals surface area contributed by atoms with Crippen molar-refractivity contribution in [2.24, 2.45) is 0 Å². The van der Waals surface area contributed by atoms with E-state index < -0.39 is 12.9 Å². The average Bonchev–Trinajstić information content (AvgIpc) is 1.39. The van der Waals surface area contributed by atoms with Gasteiger partial charge in [-0.1, -0.05) is 0 Å². The Kier molecular flexibility index (Phi) is 69.8. The van der Waals surface area contributed by atoms with Gasteiger partial charge in [0.15, 0.2) is 0 Å². The Morgan fingerprint density at radius 3 is 1.00 bits per heavy atom. The van der Waals surface area contributed by atoms with Crippen LogP contribution in [0.4, 0.5) is 0 Å². The fraction of sp³-hybridized carbons (Fsp3) is 0. The van der Waals surface area contributed by atoms with Crippen LogP contribution in [0, 0.1) is 49.4 Å². The molecule has 7 heavy (non-hydrogen) atoms. The second kappa shape index (κ2) is 31.2. The van der Waals surface area contributed by atoms with Gasteiger partial charge in [0.2, 0.25) is 0 Å². The van der Waals surface area contributed by atoms with Crippen molar-refractivity contribution < 1.29 is 69.2 Å². The molecule has 0 heterocycles. The van der Waals surface area contributed by atoms with Crippen LogP contribution in [0.5, 0.6) is 0 Å². The molecule has 0 spiro atoms. The van der Waals surface area contributed by atoms with Gasteiger partial charge in [-0.25, -0.2) is 0 Å². The minimum Gasteiger partial charge on any atom is -0.554 e. The molecule has 0 fully saturated rings. The monoisotopic (exact) mass is 243 g/mol. The van der Waals surface area contributed by atoms with E-state index in [1.165, 1.54) is 0 Å². The molecule has 0 aromatic carbocycles. The molecule has 0 aliphatic carbocycles. The van der Waals surface area contributed by atoms with Crippen LogP contribution >= 0.6 is 0 Å². The molecule has 0 amide bonds. The van der Waals surface area contributed by atoms with E-state index in [1.807, 2.05) is 0 Å². The van der Waals surface area contributed by atoms with Gasteiger partial charge in [-0.15, -0.1) is 0 Å². The SMILES string of the molecule is O=C[O-].O=C[O-].[Eu+2]. The van der Waals surface area contributed by atoms with Crippen LogP contribution in [0.2, 0.25) is 0 Å². The Morgan fingerprint density at radius 1 is 1.00 bits per heavy atom. The van der Waals surface area contributed by atoms with E-state index >= 15 is 0 Å². The number of carbonyl (C=O) groups excluding carboxylic acids is 2. The summed E-state index contributed by atoms with van der Waals surface area (Å²) in [5, 5.41) is 16.5. The maximum absolute atomic E-state index is 8.25. The van der Waals surface area contributed by atoms with Gasteiger partial charge in [0.1, 0.15) is 0 Å². The molecule has 41 valence electrons. The van der Waals surface area contributed by atoms with Crippen molar-refractivity contribution in [2.45, 2.75) is 0 Å². The van der Waals surface area contributed by atoms with Gasteiger partial charge in [0, 0.05) is 12.9 Å². The third-order valence-electron chi connectivity index (χ3n) is 0. The number of carbonyl (C=O) groups is 2. The summed E-state index contributed by atoms with van der Waals surface area (Å²) in [5.74, 6) is 0. The van der Waals surface area contributed by atoms with Gasteiger partial charge in [0.25, 0.3) is 0 Å². The Labute approximate surface area is 81.1 Å². The van der Waals surface area contributed by atoms with E-state index in [0.29, 0.717) is 0 Å². The van der Waals surface area contributed by atoms with Crippen LogP contribution in [0.1, 0.15) is 0 Å². The van der Waals surface area contributed by atoms with Gasteiger partial charge in [-0.3, -0.25) is 0 Å². The molecular formula is C2H2EuO4. The fourth-order valence-corrected chi connectivity index (χ4v) is 0. The third kappa shape index (κ3) is 486. The van der Waals surface area contributed by atoms with Gasteiger partial charge in [-0.05, 0) is 0 Å². The summed E-state index contributed by atoms with van der Waals surface area (Å²) in [5.41, 5.74) is 0. The molecule has 0 atom stereocenters. The first kappa shape index (κ1) is 15.6. The van der Waals surface area contributed by atoms with Crippen molar-refractivity contribution in [3.63, 3.8) is 0 Å². The van der Waals surface area contributed by atoms with Gasteiger partial charge >= 0.3 is 49.4 Å². The molecule has 0 aromatic rings. The zero-order valence-corrected chi connectivity index (χ0v) is 5.59. The first-order valence-corrected chi connectivity index (χ1v) is 0.943. The number of hydrogen-bond acceptors (Lipinski definition) is 4. The van der Waals surface area contributed by atoms with Crippen molar-refractivity contribution in [1.29, 1.82) is 0 Å². The van der Waals surface area contributed by atoms with E-state index in [2.05, 4.69) is 0 Å². The average molecular weight is 242 g/mol. The summed E-state index contributed by atoms with van der Waals surface area (Å²) in [4.78, 5) is 16.5. The summed E-state index contributed by atoms with van der Waals surface area (Å²) < 4.78 is 0. The maximum Gasteiger partial charge on any atom is 2.00 e. The van der Waals surface area contributed by atoms with Crippen molar-refractivity contribution in [2.75, 3.05) is 0 Å². The number of carboxylic acid groups (broad SMARTS) is 2. The van der Waals surface area contributed by atoms with Crippen LogP contribution < -0.4 is 10.2 Å². The molecule has 0 bridgehead atoms. The van der Waals surface area contributed by atoms with Crippen LogP contribution in [-0.4, -0.2) is 12.9 Å². The molecule has 0 saturated carbocycles. The Balaban J connectivity index is -0.0000000400. The molecule has 0 N–H and O–H groups in total. The summed E-state index contributed by atoms with van der Waals surface area (Å²) >= 11 is 0. The van der Waals surface area contributed by atoms with Crippen LogP contribution in [0.15, 0.2) is 0 Å². The normalized spacial score (nSPS) is 3.43. The predicted octanol–water partition coefficient (Wildman–Crippen LogP) is -3.27. The van der Waals surface area contributed by atoms with Crippen molar-refractivity contribution in [3.8, 4) is 0 Å². The molecule has 5 heteroatoms. The predicted molar refractivity (Wildman–Crippen MR) is 12.1 cm³/mol. The van der Waals surface area contributed by atoms with E-state index in [0.717, 1.165) is 0 Å². The number of hydrogen-bond donors (Lipinski definition) is 0. The molecule has 0 rings (SSSR count). The zero-order valence-electron chi connectivity index (χ0n) is 3.17. The molecule has 0 aliphatic heterocycles. The van der Waals surface area contributed by atoms with Crippen molar-refractivity contribution >= 4 is 12.9 Å². The van der Waals surface area contributed by atoms with E-state index in [9.17, 15) is 0 Å². The first-order chi connectivity index (χ1) is 2.83. The minimum absolute atomic E-state index is 0. The second-order valence-electron chi connectivity index (χ2n) is 0.192. The maximum atomic E-state index is 8.25. The molecule has 0 saturated heterocycles. The Bertz CT molecular complexity index is 30.7. The molecule has 1 radical (unpaired) electrons. The smallest absolute Gasteiger partial charge is 0.554 e. The fourth-order valence-electron chi connectivity index (χ4n) is 0. The second-order valence-corrected chi connectivity index (χ2v) is 0.192. The zero-order chi connectivity index (χ0) is 5.41. The largest absolute Gasteiger partial charge is 2.00 e. The van der Waals surface area contributed by atoms with E-state index in [1.54, 1.807) is 0 Å². The van der Waals surface area contributed by atoms with Crippen molar-refractivity contribution in [1.82, 2.24) is 0 Å². The standard InChI is InChI=1S/2CH2O2.Eu/c2*2-1-3;/h2*1H,(H,2,3);/q;;+2/p-2. The third-order valence-corrected chi connectivity index (χ3v) is 0. The number of rotatable bonds is 0. The Morgan fingerprint density at radius 2 is 1.00 bits per heavy atom. The molecule has 0 aromatic heterocycles. The topological polar surface area (TPSA) is 80.3 Å². The molecule has 0 unspecified atom stereocenters. The molecule has 0 aliphatic rings. The van der Waals surface area contributed by atoms with Crippen LogP contribution in [-0.2, 0) is 9.59 Å². The van der Waals surface area contributed by atoms with Gasteiger partial charge in [0.05, 0.1) is 0 Å².